The first kappa shape index (κ1) is 15.6. The van der Waals surface area contributed by atoms with Crippen molar-refractivity contribution in [2.75, 3.05) is 40.5 Å². The average Bonchev–Trinajstić information content (AvgIpc) is 2.54. The lowest BCUT2D eigenvalue weighted by Gasteiger charge is -2.35. The predicted octanol–water partition coefficient (Wildman–Crippen LogP) is 0.432. The fourth-order valence-corrected chi connectivity index (χ4v) is 2.45. The van der Waals surface area contributed by atoms with E-state index >= 15 is 0 Å². The third-order valence-electron chi connectivity index (χ3n) is 3.62. The van der Waals surface area contributed by atoms with Gasteiger partial charge in [0.25, 0.3) is 0 Å². The number of amides is 1. The first-order valence-electron chi connectivity index (χ1n) is 6.97. The monoisotopic (exact) mass is 294 g/mol. The average molecular weight is 294 g/mol. The smallest absolute Gasteiger partial charge is 0.227 e. The van der Waals surface area contributed by atoms with Crippen molar-refractivity contribution < 1.29 is 19.0 Å². The summed E-state index contributed by atoms with van der Waals surface area (Å²) in [6.45, 7) is 2.08. The summed E-state index contributed by atoms with van der Waals surface area (Å²) in [5.74, 6) is 1.33. The van der Waals surface area contributed by atoms with Gasteiger partial charge in [-0.05, 0) is 17.7 Å². The van der Waals surface area contributed by atoms with E-state index in [1.54, 1.807) is 25.2 Å². The van der Waals surface area contributed by atoms with E-state index in [-0.39, 0.29) is 11.9 Å². The van der Waals surface area contributed by atoms with Crippen LogP contribution in [0.4, 0.5) is 0 Å². The van der Waals surface area contributed by atoms with Crippen molar-refractivity contribution in [3.63, 3.8) is 0 Å². The van der Waals surface area contributed by atoms with Gasteiger partial charge in [-0.2, -0.15) is 0 Å². The highest BCUT2D eigenvalue weighted by Crippen LogP contribution is 2.28. The number of hydrogen-bond acceptors (Lipinski definition) is 5. The van der Waals surface area contributed by atoms with Gasteiger partial charge in [0.05, 0.1) is 39.9 Å². The van der Waals surface area contributed by atoms with Crippen LogP contribution in [0.5, 0.6) is 11.5 Å². The molecule has 1 unspecified atom stereocenters. The maximum Gasteiger partial charge on any atom is 0.227 e. The van der Waals surface area contributed by atoms with Crippen LogP contribution in [0.3, 0.4) is 0 Å². The summed E-state index contributed by atoms with van der Waals surface area (Å²) in [5, 5.41) is 0. The number of methoxy groups -OCH3 is 2. The lowest BCUT2D eigenvalue weighted by atomic mass is 10.1. The van der Waals surface area contributed by atoms with Crippen LogP contribution in [0.15, 0.2) is 18.2 Å². The third-order valence-corrected chi connectivity index (χ3v) is 3.62. The molecular weight excluding hydrogens is 272 g/mol. The molecule has 0 aliphatic carbocycles. The molecule has 1 amide bonds. The van der Waals surface area contributed by atoms with Gasteiger partial charge in [-0.25, -0.2) is 0 Å². The number of nitrogens with two attached hydrogens (primary N) is 1. The molecule has 6 heteroatoms. The Labute approximate surface area is 124 Å². The number of carbonyl (C=O) groups is 1. The first-order valence-corrected chi connectivity index (χ1v) is 6.97. The van der Waals surface area contributed by atoms with Crippen LogP contribution < -0.4 is 15.2 Å². The first-order chi connectivity index (χ1) is 10.2. The molecule has 1 atom stereocenters. The Morgan fingerprint density at radius 1 is 1.38 bits per heavy atom. The van der Waals surface area contributed by atoms with Crippen molar-refractivity contribution in [3.8, 4) is 11.5 Å². The Bertz CT molecular complexity index is 493. The van der Waals surface area contributed by atoms with Crippen LogP contribution >= 0.6 is 0 Å². The van der Waals surface area contributed by atoms with Crippen molar-refractivity contribution >= 4 is 5.91 Å². The fourth-order valence-electron chi connectivity index (χ4n) is 2.45. The largest absolute Gasteiger partial charge is 0.493 e. The van der Waals surface area contributed by atoms with Crippen molar-refractivity contribution in [1.82, 2.24) is 4.90 Å². The van der Waals surface area contributed by atoms with Crippen molar-refractivity contribution in [1.29, 1.82) is 0 Å². The topological polar surface area (TPSA) is 74.0 Å². The lowest BCUT2D eigenvalue weighted by molar-refractivity contribution is -0.138. The van der Waals surface area contributed by atoms with Gasteiger partial charge in [0, 0.05) is 13.1 Å². The molecule has 1 aliphatic rings. The molecule has 2 rings (SSSR count). The second kappa shape index (κ2) is 7.28. The number of ether oxygens (including phenoxy) is 3. The summed E-state index contributed by atoms with van der Waals surface area (Å²) in [5.41, 5.74) is 6.59. The number of nitrogens with zero attached hydrogens (tertiary/aromatic N) is 1. The Morgan fingerprint density at radius 2 is 2.14 bits per heavy atom. The number of morpholine rings is 1. The molecule has 21 heavy (non-hydrogen) atoms. The summed E-state index contributed by atoms with van der Waals surface area (Å²) in [4.78, 5) is 14.2. The zero-order valence-corrected chi connectivity index (χ0v) is 12.5. The standard InChI is InChI=1S/C15H22N2O4/c1-19-13-4-3-11(7-14(13)20-2)8-15(18)17-5-6-21-10-12(17)9-16/h3-4,7,12H,5-6,8-10,16H2,1-2H3. The molecule has 0 radical (unpaired) electrons. The van der Waals surface area contributed by atoms with Crippen LogP contribution in [0.2, 0.25) is 0 Å². The van der Waals surface area contributed by atoms with Gasteiger partial charge >= 0.3 is 0 Å². The van der Waals surface area contributed by atoms with Gasteiger partial charge in [-0.15, -0.1) is 0 Å². The maximum atomic E-state index is 12.4. The van der Waals surface area contributed by atoms with Crippen LogP contribution in [-0.2, 0) is 16.0 Å². The van der Waals surface area contributed by atoms with Gasteiger partial charge < -0.3 is 24.8 Å². The molecule has 0 spiro atoms. The molecule has 0 bridgehead atoms. The van der Waals surface area contributed by atoms with Gasteiger partial charge in [0.2, 0.25) is 5.91 Å². The normalized spacial score (nSPS) is 18.4. The Balaban J connectivity index is 2.08. The molecule has 0 aromatic heterocycles. The molecule has 116 valence electrons. The Kier molecular flexibility index (Phi) is 5.41. The molecule has 6 nitrogen and oxygen atoms in total. The van der Waals surface area contributed by atoms with E-state index in [1.165, 1.54) is 0 Å². The highest BCUT2D eigenvalue weighted by atomic mass is 16.5. The quantitative estimate of drug-likeness (QED) is 0.852. The Hall–Kier alpha value is -1.79. The van der Waals surface area contributed by atoms with Crippen molar-refractivity contribution in [3.05, 3.63) is 23.8 Å². The van der Waals surface area contributed by atoms with E-state index in [2.05, 4.69) is 0 Å². The van der Waals surface area contributed by atoms with Gasteiger partial charge in [-0.1, -0.05) is 6.07 Å². The minimum absolute atomic E-state index is 0.0357. The summed E-state index contributed by atoms with van der Waals surface area (Å²) in [7, 11) is 3.16. The summed E-state index contributed by atoms with van der Waals surface area (Å²) < 4.78 is 15.8. The molecule has 0 saturated carbocycles. The summed E-state index contributed by atoms with van der Waals surface area (Å²) >= 11 is 0. The van der Waals surface area contributed by atoms with Crippen molar-refractivity contribution in [2.24, 2.45) is 5.73 Å². The van der Waals surface area contributed by atoms with Gasteiger partial charge in [-0.3, -0.25) is 4.79 Å². The Morgan fingerprint density at radius 3 is 2.81 bits per heavy atom. The number of carbonyl (C=O) groups excluding carboxylic acids is 1. The second-order valence-electron chi connectivity index (χ2n) is 4.92. The van der Waals surface area contributed by atoms with E-state index in [0.29, 0.717) is 44.2 Å². The summed E-state index contributed by atoms with van der Waals surface area (Å²) in [6, 6.07) is 5.47. The van der Waals surface area contributed by atoms with Crippen LogP contribution in [-0.4, -0.2) is 57.4 Å². The molecule has 1 heterocycles. The number of hydrogen-bond donors (Lipinski definition) is 1. The second-order valence-corrected chi connectivity index (χ2v) is 4.92. The highest BCUT2D eigenvalue weighted by Gasteiger charge is 2.26. The van der Waals surface area contributed by atoms with Crippen LogP contribution in [0, 0.1) is 0 Å². The number of benzene rings is 1. The molecule has 1 saturated heterocycles. The highest BCUT2D eigenvalue weighted by molar-refractivity contribution is 5.79. The van der Waals surface area contributed by atoms with E-state index in [1.807, 2.05) is 12.1 Å². The van der Waals surface area contributed by atoms with Crippen LogP contribution in [0.1, 0.15) is 5.56 Å². The molecule has 2 N–H and O–H groups in total. The fraction of sp³-hybridized carbons (Fsp3) is 0.533. The minimum atomic E-state index is -0.0357. The third kappa shape index (κ3) is 3.65. The molecule has 1 fully saturated rings. The molecule has 1 aromatic carbocycles. The summed E-state index contributed by atoms with van der Waals surface area (Å²) in [6.07, 6.45) is 0.316. The number of rotatable bonds is 5. The van der Waals surface area contributed by atoms with Gasteiger partial charge in [0.1, 0.15) is 0 Å². The van der Waals surface area contributed by atoms with Crippen LogP contribution in [0.25, 0.3) is 0 Å². The molecule has 1 aromatic rings. The maximum absolute atomic E-state index is 12.4. The van der Waals surface area contributed by atoms with Gasteiger partial charge in [0.15, 0.2) is 11.5 Å². The SMILES string of the molecule is COc1ccc(CC(=O)N2CCOCC2CN)cc1OC. The van der Waals surface area contributed by atoms with E-state index < -0.39 is 0 Å². The predicted molar refractivity (Wildman–Crippen MR) is 78.6 cm³/mol. The molecular formula is C15H22N2O4. The molecule has 1 aliphatic heterocycles. The minimum Gasteiger partial charge on any atom is -0.493 e. The van der Waals surface area contributed by atoms with E-state index in [0.717, 1.165) is 5.56 Å². The van der Waals surface area contributed by atoms with E-state index in [4.69, 9.17) is 19.9 Å². The van der Waals surface area contributed by atoms with Crippen molar-refractivity contribution in [2.45, 2.75) is 12.5 Å². The zero-order valence-electron chi connectivity index (χ0n) is 12.5. The van der Waals surface area contributed by atoms with E-state index in [9.17, 15) is 4.79 Å². The lowest BCUT2D eigenvalue weighted by Crippen LogP contribution is -2.52. The zero-order chi connectivity index (χ0) is 15.2.